The highest BCUT2D eigenvalue weighted by Gasteiger charge is 2.48. The second-order valence-electron chi connectivity index (χ2n) is 8.95. The van der Waals surface area contributed by atoms with Crippen molar-refractivity contribution in [3.8, 4) is 28.7 Å². The number of halogens is 1. The number of alkyl halides is 1. The van der Waals surface area contributed by atoms with Gasteiger partial charge in [-0.25, -0.2) is 14.4 Å². The van der Waals surface area contributed by atoms with Gasteiger partial charge in [-0.3, -0.25) is 0 Å². The number of nitrogens with one attached hydrogen (secondary N) is 1. The van der Waals surface area contributed by atoms with Crippen molar-refractivity contribution in [1.29, 1.82) is 0 Å². The fourth-order valence-corrected chi connectivity index (χ4v) is 5.00. The van der Waals surface area contributed by atoms with E-state index in [0.29, 0.717) is 17.9 Å². The van der Waals surface area contributed by atoms with Crippen LogP contribution in [0.25, 0.3) is 17.1 Å². The van der Waals surface area contributed by atoms with Crippen molar-refractivity contribution in [2.45, 2.75) is 57.0 Å². The number of benzene rings is 1. The number of fused-ring (bicyclic) bond motifs is 2. The fraction of sp³-hybridized carbons (Fsp3) is 0.455. The summed E-state index contributed by atoms with van der Waals surface area (Å²) in [6, 6.07) is 4.94. The molecule has 0 amide bonds. The van der Waals surface area contributed by atoms with E-state index < -0.39 is 12.3 Å². The third-order valence-electron chi connectivity index (χ3n) is 6.22. The molecule has 1 aromatic carbocycles. The molecule has 0 saturated carbocycles. The minimum Gasteiger partial charge on any atom is -0.507 e. The predicted octanol–water partition coefficient (Wildman–Crippen LogP) is 3.07. The van der Waals surface area contributed by atoms with Crippen LogP contribution in [0.5, 0.6) is 11.6 Å². The summed E-state index contributed by atoms with van der Waals surface area (Å²) in [6.07, 6.45) is 7.18. The summed E-state index contributed by atoms with van der Waals surface area (Å²) in [7, 11) is 0. The van der Waals surface area contributed by atoms with Gasteiger partial charge in [0.1, 0.15) is 11.9 Å². The van der Waals surface area contributed by atoms with Gasteiger partial charge in [0.05, 0.1) is 23.8 Å². The number of phenols is 1. The monoisotopic (exact) mass is 424 g/mol. The van der Waals surface area contributed by atoms with Crippen LogP contribution >= 0.6 is 0 Å². The summed E-state index contributed by atoms with van der Waals surface area (Å²) >= 11 is 0. The van der Waals surface area contributed by atoms with Gasteiger partial charge in [-0.1, -0.05) is 6.92 Å². The molecule has 2 aliphatic rings. The van der Waals surface area contributed by atoms with Crippen LogP contribution < -0.4 is 10.1 Å². The maximum absolute atomic E-state index is 15.0. The molecule has 2 aromatic heterocycles. The van der Waals surface area contributed by atoms with E-state index in [9.17, 15) is 5.11 Å². The van der Waals surface area contributed by atoms with Crippen molar-refractivity contribution in [2.24, 2.45) is 5.92 Å². The second-order valence-corrected chi connectivity index (χ2v) is 8.95. The van der Waals surface area contributed by atoms with Crippen LogP contribution in [-0.4, -0.2) is 53.7 Å². The van der Waals surface area contributed by atoms with Crippen LogP contribution in [0.2, 0.25) is 0 Å². The first-order valence-electron chi connectivity index (χ1n) is 10.5. The third-order valence-corrected chi connectivity index (χ3v) is 6.22. The lowest BCUT2D eigenvalue weighted by atomic mass is 9.71. The molecule has 5 atom stereocenters. The largest absolute Gasteiger partial charge is 0.507 e. The maximum atomic E-state index is 15.0. The first kappa shape index (κ1) is 19.9. The lowest BCUT2D eigenvalue weighted by Gasteiger charge is -2.50. The average molecular weight is 424 g/mol. The van der Waals surface area contributed by atoms with Crippen molar-refractivity contribution in [3.05, 3.63) is 43.1 Å². The molecule has 9 heteroatoms. The molecule has 0 spiro atoms. The number of hydrogen-bond donors (Lipinski definition) is 2. The lowest BCUT2D eigenvalue weighted by Crippen LogP contribution is -2.66. The van der Waals surface area contributed by atoms with Crippen molar-refractivity contribution in [1.82, 2.24) is 30.0 Å². The highest BCUT2D eigenvalue weighted by molar-refractivity contribution is 5.65. The van der Waals surface area contributed by atoms with E-state index >= 15 is 4.39 Å². The molecule has 2 fully saturated rings. The number of phenolic OH excluding ortho intramolecular Hbond substituents is 1. The number of hydrogen-bond acceptors (Lipinski definition) is 7. The Hall–Kier alpha value is -3.07. The van der Waals surface area contributed by atoms with Gasteiger partial charge in [0.15, 0.2) is 12.0 Å². The summed E-state index contributed by atoms with van der Waals surface area (Å²) in [5, 5.41) is 22.0. The number of ether oxygens (including phenoxy) is 1. The smallest absolute Gasteiger partial charge is 0.252 e. The number of imidazole rings is 1. The van der Waals surface area contributed by atoms with Crippen molar-refractivity contribution < 1.29 is 14.2 Å². The molecule has 0 radical (unpaired) electrons. The molecular formula is C22H25FN6O2. The topological polar surface area (TPSA) is 98.0 Å². The van der Waals surface area contributed by atoms with Crippen LogP contribution in [0.4, 0.5) is 4.39 Å². The van der Waals surface area contributed by atoms with E-state index in [-0.39, 0.29) is 29.0 Å². The molecule has 162 valence electrons. The van der Waals surface area contributed by atoms with Crippen molar-refractivity contribution in [2.75, 3.05) is 0 Å². The Morgan fingerprint density at radius 1 is 1.29 bits per heavy atom. The van der Waals surface area contributed by atoms with Crippen LogP contribution in [0, 0.1) is 5.92 Å². The minimum atomic E-state index is -1.11. The van der Waals surface area contributed by atoms with E-state index in [0.717, 1.165) is 18.5 Å². The number of aromatic nitrogens is 5. The maximum Gasteiger partial charge on any atom is 0.252 e. The molecule has 2 bridgehead atoms. The molecule has 2 aliphatic heterocycles. The van der Waals surface area contributed by atoms with Gasteiger partial charge in [0, 0.05) is 36.5 Å². The van der Waals surface area contributed by atoms with Gasteiger partial charge >= 0.3 is 0 Å². The van der Waals surface area contributed by atoms with Crippen LogP contribution in [-0.2, 0) is 0 Å². The van der Waals surface area contributed by atoms with E-state index in [4.69, 9.17) is 4.74 Å². The predicted molar refractivity (Wildman–Crippen MR) is 112 cm³/mol. The summed E-state index contributed by atoms with van der Waals surface area (Å²) in [5.74, 6) is 0.965. The Morgan fingerprint density at radius 3 is 2.87 bits per heavy atom. The Morgan fingerprint density at radius 2 is 2.16 bits per heavy atom. The normalized spacial score (nSPS) is 30.2. The van der Waals surface area contributed by atoms with E-state index in [1.165, 1.54) is 6.20 Å². The number of rotatable bonds is 4. The van der Waals surface area contributed by atoms with Crippen LogP contribution in [0.1, 0.15) is 33.1 Å². The molecule has 4 heterocycles. The highest BCUT2D eigenvalue weighted by atomic mass is 19.1. The lowest BCUT2D eigenvalue weighted by molar-refractivity contribution is -0.0340. The fourth-order valence-electron chi connectivity index (χ4n) is 5.00. The SMILES string of the molecule is CC1C[C@H]2N[C@@](C)(C1)C[C@H](Oc1cnc(-c3ccc(-n4ccnc4)cc3O)nn1)[C@H]2F. The van der Waals surface area contributed by atoms with Crippen LogP contribution in [0.15, 0.2) is 43.1 Å². The third kappa shape index (κ3) is 3.85. The van der Waals surface area contributed by atoms with E-state index in [1.54, 1.807) is 35.4 Å². The molecular weight excluding hydrogens is 399 g/mol. The number of piperidine rings is 2. The van der Waals surface area contributed by atoms with E-state index in [1.807, 2.05) is 6.07 Å². The summed E-state index contributed by atoms with van der Waals surface area (Å²) < 4.78 is 22.7. The second kappa shape index (κ2) is 7.56. The molecule has 1 unspecified atom stereocenters. The van der Waals surface area contributed by atoms with Gasteiger partial charge in [-0.15, -0.1) is 10.2 Å². The molecule has 2 saturated heterocycles. The summed E-state index contributed by atoms with van der Waals surface area (Å²) in [5.41, 5.74) is 1.07. The quantitative estimate of drug-likeness (QED) is 0.664. The molecule has 2 N–H and O–H groups in total. The number of nitrogens with zero attached hydrogens (tertiary/aromatic N) is 5. The Kier molecular flexibility index (Phi) is 4.85. The van der Waals surface area contributed by atoms with Crippen LogP contribution in [0.3, 0.4) is 0 Å². The standard InChI is InChI=1S/C22H25FN6O2/c1-13-7-16-20(23)18(10-22(2,9-13)26-16)31-19-11-25-21(28-27-19)15-4-3-14(8-17(15)30)29-6-5-24-12-29/h3-6,8,11-13,16,18,20,26,30H,7,9-10H2,1-2H3/t13?,16-,18+,20+,22+/m1/s1. The zero-order chi connectivity index (χ0) is 21.6. The molecule has 31 heavy (non-hydrogen) atoms. The molecule has 3 aromatic rings. The van der Waals surface area contributed by atoms with E-state index in [2.05, 4.69) is 39.3 Å². The van der Waals surface area contributed by atoms with Gasteiger partial charge in [0.25, 0.3) is 5.88 Å². The zero-order valence-corrected chi connectivity index (χ0v) is 17.4. The van der Waals surface area contributed by atoms with Gasteiger partial charge in [-0.2, -0.15) is 0 Å². The molecule has 0 aliphatic carbocycles. The van der Waals surface area contributed by atoms with Gasteiger partial charge < -0.3 is 19.7 Å². The minimum absolute atomic E-state index is 0.0266. The first-order chi connectivity index (χ1) is 14.9. The van der Waals surface area contributed by atoms with Crippen molar-refractivity contribution >= 4 is 0 Å². The highest BCUT2D eigenvalue weighted by Crippen LogP contribution is 2.39. The molecule has 8 nitrogen and oxygen atoms in total. The van der Waals surface area contributed by atoms with Gasteiger partial charge in [0.2, 0.25) is 0 Å². The van der Waals surface area contributed by atoms with Crippen molar-refractivity contribution in [3.63, 3.8) is 0 Å². The first-order valence-corrected chi connectivity index (χ1v) is 10.5. The zero-order valence-electron chi connectivity index (χ0n) is 17.4. The average Bonchev–Trinajstić information content (AvgIpc) is 3.27. The Bertz CT molecular complexity index is 1060. The summed E-state index contributed by atoms with van der Waals surface area (Å²) in [4.78, 5) is 8.28. The molecule has 5 rings (SSSR count). The summed E-state index contributed by atoms with van der Waals surface area (Å²) in [6.45, 7) is 4.30. The Labute approximate surface area is 179 Å². The Balaban J connectivity index is 1.32. The van der Waals surface area contributed by atoms with Gasteiger partial charge in [-0.05, 0) is 37.8 Å². The number of aromatic hydroxyl groups is 1.